The summed E-state index contributed by atoms with van der Waals surface area (Å²) in [6.07, 6.45) is 1.93. The van der Waals surface area contributed by atoms with Crippen molar-refractivity contribution >= 4 is 22.8 Å². The molecule has 2 aromatic heterocycles. The number of fused-ring (bicyclic) bond motifs is 1. The molecule has 0 amide bonds. The van der Waals surface area contributed by atoms with E-state index in [1.807, 2.05) is 48.1 Å². The van der Waals surface area contributed by atoms with Gasteiger partial charge in [0.2, 0.25) is 0 Å². The fraction of sp³-hybridized carbons (Fsp3) is 0.217. The lowest BCUT2D eigenvalue weighted by molar-refractivity contribution is 0.183. The highest BCUT2D eigenvalue weighted by Gasteiger charge is 2.19. The Morgan fingerprint density at radius 2 is 1.83 bits per heavy atom. The lowest BCUT2D eigenvalue weighted by atomic mass is 10.1. The van der Waals surface area contributed by atoms with Gasteiger partial charge in [0, 0.05) is 31.7 Å². The summed E-state index contributed by atoms with van der Waals surface area (Å²) in [5, 5.41) is 0.552. The highest BCUT2D eigenvalue weighted by molar-refractivity contribution is 7.98. The number of rotatable bonds is 7. The Balaban J connectivity index is 1.84. The second-order valence-electron chi connectivity index (χ2n) is 6.94. The van der Waals surface area contributed by atoms with E-state index in [0.29, 0.717) is 40.7 Å². The molecule has 0 unspecified atom stereocenters. The van der Waals surface area contributed by atoms with E-state index < -0.39 is 0 Å². The SMILES string of the molecule is COCCn1c(SCc2ccccc2F)nc2c(-c3ccccc3)cn(C)c2c1=O. The first kappa shape index (κ1) is 20.4. The molecule has 0 fully saturated rings. The molecular weight excluding hydrogens is 401 g/mol. The Kier molecular flexibility index (Phi) is 6.01. The fourth-order valence-corrected chi connectivity index (χ4v) is 4.43. The lowest BCUT2D eigenvalue weighted by Crippen LogP contribution is -2.26. The number of aryl methyl sites for hydroxylation is 1. The smallest absolute Gasteiger partial charge is 0.278 e. The van der Waals surface area contributed by atoms with E-state index in [4.69, 9.17) is 9.72 Å². The molecule has 0 aliphatic carbocycles. The standard InChI is InChI=1S/C23H22FN3O2S/c1-26-14-18(16-8-4-3-5-9-16)20-21(26)22(28)27(12-13-29-2)23(25-20)30-15-17-10-6-7-11-19(17)24/h3-11,14H,12-13,15H2,1-2H3. The molecule has 2 heterocycles. The molecule has 0 aliphatic rings. The van der Waals surface area contributed by atoms with Crippen LogP contribution >= 0.6 is 11.8 Å². The molecule has 30 heavy (non-hydrogen) atoms. The van der Waals surface area contributed by atoms with Crippen molar-refractivity contribution in [2.45, 2.75) is 17.5 Å². The first-order valence-electron chi connectivity index (χ1n) is 9.60. The van der Waals surface area contributed by atoms with Gasteiger partial charge in [0.15, 0.2) is 5.16 Å². The Bertz CT molecular complexity index is 1230. The molecule has 4 aromatic rings. The number of ether oxygens (including phenoxy) is 1. The average molecular weight is 424 g/mol. The largest absolute Gasteiger partial charge is 0.383 e. The lowest BCUT2D eigenvalue weighted by Gasteiger charge is -2.13. The van der Waals surface area contributed by atoms with Gasteiger partial charge in [-0.2, -0.15) is 0 Å². The number of hydrogen-bond donors (Lipinski definition) is 0. The first-order chi connectivity index (χ1) is 14.6. The second kappa shape index (κ2) is 8.85. The average Bonchev–Trinajstić information content (AvgIpc) is 3.10. The van der Waals surface area contributed by atoms with Crippen LogP contribution in [0.2, 0.25) is 0 Å². The van der Waals surface area contributed by atoms with Crippen molar-refractivity contribution in [2.75, 3.05) is 13.7 Å². The third-order valence-electron chi connectivity index (χ3n) is 4.96. The van der Waals surface area contributed by atoms with E-state index in [0.717, 1.165) is 11.1 Å². The van der Waals surface area contributed by atoms with E-state index in [1.165, 1.54) is 17.8 Å². The first-order valence-corrected chi connectivity index (χ1v) is 10.6. The Labute approximate surface area is 178 Å². The number of halogens is 1. The molecule has 4 rings (SSSR count). The molecule has 0 radical (unpaired) electrons. The maximum absolute atomic E-state index is 14.1. The summed E-state index contributed by atoms with van der Waals surface area (Å²) in [5.74, 6) is 0.118. The fourth-order valence-electron chi connectivity index (χ4n) is 3.43. The van der Waals surface area contributed by atoms with Crippen LogP contribution in [0, 0.1) is 5.82 Å². The van der Waals surface area contributed by atoms with Crippen LogP contribution in [0.5, 0.6) is 0 Å². The molecule has 0 N–H and O–H groups in total. The van der Waals surface area contributed by atoms with Gasteiger partial charge in [-0.05, 0) is 17.2 Å². The zero-order valence-corrected chi connectivity index (χ0v) is 17.7. The van der Waals surface area contributed by atoms with Gasteiger partial charge in [-0.1, -0.05) is 60.3 Å². The molecule has 0 atom stereocenters. The second-order valence-corrected chi connectivity index (χ2v) is 7.88. The summed E-state index contributed by atoms with van der Waals surface area (Å²) in [4.78, 5) is 18.2. The number of methoxy groups -OCH3 is 1. The van der Waals surface area contributed by atoms with Gasteiger partial charge in [-0.3, -0.25) is 9.36 Å². The minimum atomic E-state index is -0.262. The van der Waals surface area contributed by atoms with Gasteiger partial charge in [-0.25, -0.2) is 9.37 Å². The van der Waals surface area contributed by atoms with E-state index in [2.05, 4.69) is 0 Å². The van der Waals surface area contributed by atoms with Gasteiger partial charge in [0.05, 0.1) is 13.2 Å². The van der Waals surface area contributed by atoms with E-state index in [9.17, 15) is 9.18 Å². The molecule has 2 aromatic carbocycles. The molecule has 154 valence electrons. The zero-order valence-electron chi connectivity index (χ0n) is 16.8. The van der Waals surface area contributed by atoms with Crippen LogP contribution in [0.15, 0.2) is 70.7 Å². The minimum absolute atomic E-state index is 0.127. The molecular formula is C23H22FN3O2S. The number of benzene rings is 2. The summed E-state index contributed by atoms with van der Waals surface area (Å²) in [5.41, 5.74) is 3.54. The Morgan fingerprint density at radius 3 is 2.57 bits per heavy atom. The molecule has 0 aliphatic heterocycles. The van der Waals surface area contributed by atoms with Crippen molar-refractivity contribution in [3.05, 3.63) is 82.5 Å². The minimum Gasteiger partial charge on any atom is -0.383 e. The van der Waals surface area contributed by atoms with Crippen molar-refractivity contribution in [2.24, 2.45) is 7.05 Å². The van der Waals surface area contributed by atoms with Crippen molar-refractivity contribution in [3.8, 4) is 11.1 Å². The van der Waals surface area contributed by atoms with E-state index in [-0.39, 0.29) is 11.4 Å². The Hall–Kier alpha value is -2.90. The zero-order chi connectivity index (χ0) is 21.1. The summed E-state index contributed by atoms with van der Waals surface area (Å²) in [7, 11) is 3.45. The van der Waals surface area contributed by atoms with Crippen LogP contribution in [0.3, 0.4) is 0 Å². The maximum atomic E-state index is 14.1. The number of hydrogen-bond acceptors (Lipinski definition) is 4. The predicted molar refractivity (Wildman–Crippen MR) is 118 cm³/mol. The van der Waals surface area contributed by atoms with E-state index >= 15 is 0 Å². The van der Waals surface area contributed by atoms with Crippen LogP contribution in [-0.4, -0.2) is 27.8 Å². The summed E-state index contributed by atoms with van der Waals surface area (Å²) >= 11 is 1.35. The molecule has 0 spiro atoms. The topological polar surface area (TPSA) is 49.0 Å². The third-order valence-corrected chi connectivity index (χ3v) is 5.98. The van der Waals surface area contributed by atoms with Crippen molar-refractivity contribution in [3.63, 3.8) is 0 Å². The highest BCUT2D eigenvalue weighted by Crippen LogP contribution is 2.30. The van der Waals surface area contributed by atoms with Gasteiger partial charge in [-0.15, -0.1) is 0 Å². The summed E-state index contributed by atoms with van der Waals surface area (Å²) in [6, 6.07) is 16.5. The van der Waals surface area contributed by atoms with Gasteiger partial charge in [0.25, 0.3) is 5.56 Å². The molecule has 5 nitrogen and oxygen atoms in total. The maximum Gasteiger partial charge on any atom is 0.278 e. The normalized spacial score (nSPS) is 11.3. The van der Waals surface area contributed by atoms with Gasteiger partial charge >= 0.3 is 0 Å². The van der Waals surface area contributed by atoms with E-state index in [1.54, 1.807) is 29.9 Å². The predicted octanol–water partition coefficient (Wildman–Crippen LogP) is 4.48. The van der Waals surface area contributed by atoms with Crippen LogP contribution in [0.25, 0.3) is 22.2 Å². The van der Waals surface area contributed by atoms with Crippen LogP contribution in [-0.2, 0) is 24.1 Å². The monoisotopic (exact) mass is 423 g/mol. The molecule has 0 bridgehead atoms. The number of nitrogens with zero attached hydrogens (tertiary/aromatic N) is 3. The van der Waals surface area contributed by atoms with Crippen LogP contribution in [0.4, 0.5) is 4.39 Å². The Morgan fingerprint density at radius 1 is 1.10 bits per heavy atom. The third kappa shape index (κ3) is 3.91. The number of thioether (sulfide) groups is 1. The van der Waals surface area contributed by atoms with Crippen molar-refractivity contribution in [1.29, 1.82) is 0 Å². The number of aromatic nitrogens is 3. The van der Waals surface area contributed by atoms with Crippen molar-refractivity contribution < 1.29 is 9.13 Å². The summed E-state index contributed by atoms with van der Waals surface area (Å²) < 4.78 is 22.7. The van der Waals surface area contributed by atoms with Gasteiger partial charge in [0.1, 0.15) is 16.9 Å². The van der Waals surface area contributed by atoms with Crippen molar-refractivity contribution in [1.82, 2.24) is 14.1 Å². The van der Waals surface area contributed by atoms with Gasteiger partial charge < -0.3 is 9.30 Å². The summed E-state index contributed by atoms with van der Waals surface area (Å²) in [6.45, 7) is 0.764. The molecule has 0 saturated carbocycles. The highest BCUT2D eigenvalue weighted by atomic mass is 32.2. The van der Waals surface area contributed by atoms with Crippen LogP contribution < -0.4 is 5.56 Å². The molecule has 0 saturated heterocycles. The van der Waals surface area contributed by atoms with Crippen LogP contribution in [0.1, 0.15) is 5.56 Å². The molecule has 7 heteroatoms. The quantitative estimate of drug-likeness (QED) is 0.325.